The van der Waals surface area contributed by atoms with E-state index in [0.29, 0.717) is 12.4 Å². The number of aromatic nitrogens is 3. The molecule has 0 saturated heterocycles. The van der Waals surface area contributed by atoms with E-state index in [1.54, 1.807) is 17.8 Å². The van der Waals surface area contributed by atoms with E-state index in [1.165, 1.54) is 18.5 Å². The molecule has 6 heteroatoms. The molecular weight excluding hydrogens is 259 g/mol. The molecule has 0 aliphatic rings. The van der Waals surface area contributed by atoms with Gasteiger partial charge in [0.25, 0.3) is 0 Å². The van der Waals surface area contributed by atoms with E-state index in [9.17, 15) is 4.39 Å². The molecular formula is C14H19FN4O. The van der Waals surface area contributed by atoms with Gasteiger partial charge in [-0.15, -0.1) is 0 Å². The van der Waals surface area contributed by atoms with Crippen LogP contribution in [-0.4, -0.2) is 21.3 Å². The lowest BCUT2D eigenvalue weighted by Crippen LogP contribution is -2.19. The molecule has 0 amide bonds. The second kappa shape index (κ2) is 6.47. The Morgan fingerprint density at radius 1 is 1.45 bits per heavy atom. The highest BCUT2D eigenvalue weighted by molar-refractivity contribution is 5.36. The zero-order valence-corrected chi connectivity index (χ0v) is 11.9. The lowest BCUT2D eigenvalue weighted by molar-refractivity contribution is 0.283. The number of benzene rings is 1. The van der Waals surface area contributed by atoms with Gasteiger partial charge in [0.15, 0.2) is 5.82 Å². The van der Waals surface area contributed by atoms with Crippen LogP contribution in [0, 0.1) is 5.82 Å². The van der Waals surface area contributed by atoms with Gasteiger partial charge in [0, 0.05) is 18.7 Å². The second-order valence-electron chi connectivity index (χ2n) is 4.55. The number of hydrogen-bond acceptors (Lipinski definition) is 4. The number of rotatable bonds is 6. The van der Waals surface area contributed by atoms with Gasteiger partial charge in [0.1, 0.15) is 24.5 Å². The molecule has 20 heavy (non-hydrogen) atoms. The second-order valence-corrected chi connectivity index (χ2v) is 4.55. The largest absolute Gasteiger partial charge is 0.485 e. The highest BCUT2D eigenvalue weighted by Crippen LogP contribution is 2.26. The van der Waals surface area contributed by atoms with Crippen LogP contribution in [0.2, 0.25) is 0 Å². The maximum Gasteiger partial charge on any atom is 0.164 e. The summed E-state index contributed by atoms with van der Waals surface area (Å²) in [6, 6.07) is 4.56. The van der Waals surface area contributed by atoms with Gasteiger partial charge in [-0.3, -0.25) is 4.68 Å². The first-order valence-corrected chi connectivity index (χ1v) is 6.60. The third kappa shape index (κ3) is 3.33. The van der Waals surface area contributed by atoms with Crippen molar-refractivity contribution in [3.05, 3.63) is 41.7 Å². The van der Waals surface area contributed by atoms with Gasteiger partial charge in [-0.05, 0) is 31.7 Å². The molecule has 5 nitrogen and oxygen atoms in total. The molecule has 108 valence electrons. The molecule has 1 aromatic heterocycles. The molecule has 0 fully saturated rings. The van der Waals surface area contributed by atoms with Crippen molar-refractivity contribution in [2.45, 2.75) is 26.5 Å². The number of aryl methyl sites for hydroxylation is 1. The highest BCUT2D eigenvalue weighted by atomic mass is 19.1. The molecule has 0 bridgehead atoms. The maximum atomic E-state index is 13.4. The quantitative estimate of drug-likeness (QED) is 0.880. The lowest BCUT2D eigenvalue weighted by atomic mass is 10.1. The van der Waals surface area contributed by atoms with Crippen molar-refractivity contribution in [3.8, 4) is 5.75 Å². The minimum Gasteiger partial charge on any atom is -0.485 e. The van der Waals surface area contributed by atoms with Crippen molar-refractivity contribution >= 4 is 0 Å². The number of ether oxygens (including phenoxy) is 1. The molecule has 1 aromatic carbocycles. The van der Waals surface area contributed by atoms with Gasteiger partial charge >= 0.3 is 0 Å². The molecule has 0 saturated carbocycles. The first kappa shape index (κ1) is 14.5. The Morgan fingerprint density at radius 2 is 2.25 bits per heavy atom. The van der Waals surface area contributed by atoms with E-state index >= 15 is 0 Å². The maximum absolute atomic E-state index is 13.4. The summed E-state index contributed by atoms with van der Waals surface area (Å²) in [5, 5.41) is 7.24. The average Bonchev–Trinajstić information content (AvgIpc) is 2.83. The molecule has 1 atom stereocenters. The fourth-order valence-electron chi connectivity index (χ4n) is 2.00. The Balaban J connectivity index is 2.16. The van der Waals surface area contributed by atoms with Crippen LogP contribution in [-0.2, 0) is 13.7 Å². The molecule has 0 aliphatic carbocycles. The van der Waals surface area contributed by atoms with Crippen molar-refractivity contribution in [2.75, 3.05) is 6.54 Å². The van der Waals surface area contributed by atoms with Crippen molar-refractivity contribution in [1.82, 2.24) is 20.1 Å². The van der Waals surface area contributed by atoms with Gasteiger partial charge in [-0.1, -0.05) is 6.92 Å². The molecule has 1 heterocycles. The summed E-state index contributed by atoms with van der Waals surface area (Å²) in [6.07, 6.45) is 1.48. The van der Waals surface area contributed by atoms with Crippen LogP contribution in [0.1, 0.15) is 31.3 Å². The van der Waals surface area contributed by atoms with Crippen molar-refractivity contribution < 1.29 is 9.13 Å². The monoisotopic (exact) mass is 278 g/mol. The molecule has 0 spiro atoms. The number of halogens is 1. The van der Waals surface area contributed by atoms with Crippen LogP contribution in [0.3, 0.4) is 0 Å². The summed E-state index contributed by atoms with van der Waals surface area (Å²) in [6.45, 7) is 5.09. The molecule has 1 N–H and O–H groups in total. The Bertz CT molecular complexity index is 570. The van der Waals surface area contributed by atoms with Gasteiger partial charge in [0.2, 0.25) is 0 Å². The minimum absolute atomic E-state index is 0.0187. The zero-order chi connectivity index (χ0) is 14.5. The van der Waals surface area contributed by atoms with Gasteiger partial charge in [-0.2, -0.15) is 5.10 Å². The summed E-state index contributed by atoms with van der Waals surface area (Å²) in [5.41, 5.74) is 0.800. The van der Waals surface area contributed by atoms with Gasteiger partial charge in [-0.25, -0.2) is 9.37 Å². The standard InChI is InChI=1S/C14H19FN4O/c1-4-16-10(2)12-7-11(15)5-6-13(12)20-8-14-17-9-18-19(14)3/h5-7,9-10,16H,4,8H2,1-3H3. The summed E-state index contributed by atoms with van der Waals surface area (Å²) in [7, 11) is 1.80. The van der Waals surface area contributed by atoms with E-state index in [1.807, 2.05) is 13.8 Å². The first-order valence-electron chi connectivity index (χ1n) is 6.60. The van der Waals surface area contributed by atoms with Crippen LogP contribution in [0.15, 0.2) is 24.5 Å². The van der Waals surface area contributed by atoms with Gasteiger partial charge in [0.05, 0.1) is 0 Å². The predicted octanol–water partition coefficient (Wildman–Crippen LogP) is 2.20. The van der Waals surface area contributed by atoms with Crippen LogP contribution in [0.5, 0.6) is 5.75 Å². The fourth-order valence-corrected chi connectivity index (χ4v) is 2.00. The third-order valence-electron chi connectivity index (χ3n) is 3.11. The fraction of sp³-hybridized carbons (Fsp3) is 0.429. The topological polar surface area (TPSA) is 52.0 Å². The van der Waals surface area contributed by atoms with E-state index in [2.05, 4.69) is 15.4 Å². The van der Waals surface area contributed by atoms with Crippen LogP contribution in [0.25, 0.3) is 0 Å². The summed E-state index contributed by atoms with van der Waals surface area (Å²) in [5.74, 6) is 1.11. The normalized spacial score (nSPS) is 12.4. The lowest BCUT2D eigenvalue weighted by Gasteiger charge is -2.17. The first-order chi connectivity index (χ1) is 9.61. The SMILES string of the molecule is CCNC(C)c1cc(F)ccc1OCc1ncnn1C. The van der Waals surface area contributed by atoms with Crippen molar-refractivity contribution in [2.24, 2.45) is 7.05 Å². The molecule has 2 aromatic rings. The summed E-state index contributed by atoms with van der Waals surface area (Å²) >= 11 is 0. The number of nitrogens with one attached hydrogen (secondary N) is 1. The summed E-state index contributed by atoms with van der Waals surface area (Å²) < 4.78 is 20.8. The van der Waals surface area contributed by atoms with Crippen LogP contribution in [0.4, 0.5) is 4.39 Å². The van der Waals surface area contributed by atoms with Crippen LogP contribution < -0.4 is 10.1 Å². The van der Waals surface area contributed by atoms with Crippen LogP contribution >= 0.6 is 0 Å². The van der Waals surface area contributed by atoms with E-state index in [0.717, 1.165) is 17.9 Å². The van der Waals surface area contributed by atoms with Gasteiger partial charge < -0.3 is 10.1 Å². The molecule has 0 radical (unpaired) electrons. The summed E-state index contributed by atoms with van der Waals surface area (Å²) in [4.78, 5) is 4.10. The Hall–Kier alpha value is -1.95. The minimum atomic E-state index is -0.268. The van der Waals surface area contributed by atoms with Crippen molar-refractivity contribution in [3.63, 3.8) is 0 Å². The Kier molecular flexibility index (Phi) is 4.68. The Morgan fingerprint density at radius 3 is 2.90 bits per heavy atom. The number of nitrogens with zero attached hydrogens (tertiary/aromatic N) is 3. The van der Waals surface area contributed by atoms with Crippen molar-refractivity contribution in [1.29, 1.82) is 0 Å². The molecule has 0 aliphatic heterocycles. The number of hydrogen-bond donors (Lipinski definition) is 1. The molecule has 1 unspecified atom stereocenters. The predicted molar refractivity (Wildman–Crippen MR) is 73.8 cm³/mol. The molecule has 2 rings (SSSR count). The Labute approximate surface area is 117 Å². The van der Waals surface area contributed by atoms with E-state index < -0.39 is 0 Å². The highest BCUT2D eigenvalue weighted by Gasteiger charge is 2.13. The zero-order valence-electron chi connectivity index (χ0n) is 11.9. The average molecular weight is 278 g/mol. The van der Waals surface area contributed by atoms with E-state index in [-0.39, 0.29) is 11.9 Å². The third-order valence-corrected chi connectivity index (χ3v) is 3.11. The smallest absolute Gasteiger partial charge is 0.164 e. The van der Waals surface area contributed by atoms with E-state index in [4.69, 9.17) is 4.74 Å².